The summed E-state index contributed by atoms with van der Waals surface area (Å²) < 4.78 is 0. The van der Waals surface area contributed by atoms with Crippen molar-refractivity contribution in [2.24, 2.45) is 5.73 Å². The van der Waals surface area contributed by atoms with Gasteiger partial charge >= 0.3 is 5.97 Å². The Hall–Kier alpha value is -0.260. The Morgan fingerprint density at radius 3 is 2.62 bits per heavy atom. The molecule has 0 amide bonds. The molecule has 0 heterocycles. The second kappa shape index (κ2) is 5.47. The quantitative estimate of drug-likeness (QED) is 0.583. The SMILES string of the molecule is CC(CCN)SCC(C)(O)C(=O)O. The maximum atomic E-state index is 10.5. The van der Waals surface area contributed by atoms with Gasteiger partial charge in [0.15, 0.2) is 5.60 Å². The second-order valence-corrected chi connectivity index (χ2v) is 4.70. The third-order valence-electron chi connectivity index (χ3n) is 1.68. The lowest BCUT2D eigenvalue weighted by Crippen LogP contribution is -2.38. The minimum Gasteiger partial charge on any atom is -0.479 e. The fourth-order valence-corrected chi connectivity index (χ4v) is 1.72. The van der Waals surface area contributed by atoms with Crippen molar-refractivity contribution in [2.45, 2.75) is 31.1 Å². The number of aliphatic hydroxyl groups is 1. The third-order valence-corrected chi connectivity index (χ3v) is 3.22. The monoisotopic (exact) mass is 207 g/mol. The minimum absolute atomic E-state index is 0.198. The molecule has 4 nitrogen and oxygen atoms in total. The molecule has 0 fully saturated rings. The molecule has 2 atom stereocenters. The van der Waals surface area contributed by atoms with E-state index in [-0.39, 0.29) is 11.0 Å². The van der Waals surface area contributed by atoms with Crippen molar-refractivity contribution in [2.75, 3.05) is 12.3 Å². The summed E-state index contributed by atoms with van der Waals surface area (Å²) in [5.74, 6) is -0.983. The maximum Gasteiger partial charge on any atom is 0.336 e. The number of aliphatic carboxylic acids is 1. The van der Waals surface area contributed by atoms with E-state index in [0.29, 0.717) is 6.54 Å². The van der Waals surface area contributed by atoms with Crippen LogP contribution in [0, 0.1) is 0 Å². The molecule has 78 valence electrons. The summed E-state index contributed by atoms with van der Waals surface area (Å²) in [5, 5.41) is 18.2. The average Bonchev–Trinajstić information content (AvgIpc) is 2.01. The van der Waals surface area contributed by atoms with Crippen LogP contribution in [-0.2, 0) is 4.79 Å². The second-order valence-electron chi connectivity index (χ2n) is 3.28. The summed E-state index contributed by atoms with van der Waals surface area (Å²) in [4.78, 5) is 10.5. The highest BCUT2D eigenvalue weighted by atomic mass is 32.2. The van der Waals surface area contributed by atoms with Crippen molar-refractivity contribution in [3.63, 3.8) is 0 Å². The number of nitrogens with two attached hydrogens (primary N) is 1. The number of carboxylic acids is 1. The van der Waals surface area contributed by atoms with Crippen molar-refractivity contribution in [3.8, 4) is 0 Å². The fraction of sp³-hybridized carbons (Fsp3) is 0.875. The molecule has 0 aromatic rings. The molecule has 4 N–H and O–H groups in total. The molecule has 0 spiro atoms. The van der Waals surface area contributed by atoms with Gasteiger partial charge in [-0.15, -0.1) is 0 Å². The van der Waals surface area contributed by atoms with Crippen LogP contribution in [-0.4, -0.2) is 39.3 Å². The highest BCUT2D eigenvalue weighted by molar-refractivity contribution is 7.99. The van der Waals surface area contributed by atoms with Gasteiger partial charge in [-0.2, -0.15) is 11.8 Å². The molecule has 0 aliphatic carbocycles. The van der Waals surface area contributed by atoms with Gasteiger partial charge in [0.05, 0.1) is 0 Å². The Balaban J connectivity index is 3.80. The van der Waals surface area contributed by atoms with Crippen LogP contribution in [0.2, 0.25) is 0 Å². The zero-order chi connectivity index (χ0) is 10.5. The van der Waals surface area contributed by atoms with E-state index in [1.807, 2.05) is 6.92 Å². The van der Waals surface area contributed by atoms with Crippen molar-refractivity contribution in [1.82, 2.24) is 0 Å². The Bertz CT molecular complexity index is 173. The van der Waals surface area contributed by atoms with Crippen molar-refractivity contribution < 1.29 is 15.0 Å². The summed E-state index contributed by atoms with van der Waals surface area (Å²) in [5.41, 5.74) is 3.70. The van der Waals surface area contributed by atoms with Gasteiger partial charge in [-0.25, -0.2) is 4.79 Å². The number of carboxylic acid groups (broad SMARTS) is 1. The summed E-state index contributed by atoms with van der Waals surface area (Å²) in [7, 11) is 0. The van der Waals surface area contributed by atoms with Gasteiger partial charge in [-0.1, -0.05) is 6.92 Å². The third kappa shape index (κ3) is 5.13. The largest absolute Gasteiger partial charge is 0.479 e. The van der Waals surface area contributed by atoms with Gasteiger partial charge in [0.1, 0.15) is 0 Å². The predicted molar refractivity (Wildman–Crippen MR) is 53.9 cm³/mol. The van der Waals surface area contributed by atoms with E-state index in [4.69, 9.17) is 10.8 Å². The topological polar surface area (TPSA) is 83.5 Å². The van der Waals surface area contributed by atoms with Crippen LogP contribution in [0.3, 0.4) is 0 Å². The summed E-state index contributed by atoms with van der Waals surface area (Å²) in [6.45, 7) is 3.86. The first-order valence-electron chi connectivity index (χ1n) is 4.17. The van der Waals surface area contributed by atoms with E-state index in [9.17, 15) is 9.90 Å². The molecule has 0 radical (unpaired) electrons. The standard InChI is InChI=1S/C8H17NO3S/c1-6(3-4-9)13-5-8(2,12)7(10)11/h6,12H,3-5,9H2,1-2H3,(H,10,11). The number of hydrogen-bond donors (Lipinski definition) is 3. The van der Waals surface area contributed by atoms with Crippen LogP contribution in [0.1, 0.15) is 20.3 Å². The molecule has 0 rings (SSSR count). The smallest absolute Gasteiger partial charge is 0.336 e. The first-order chi connectivity index (χ1) is 5.90. The number of hydrogen-bond acceptors (Lipinski definition) is 4. The van der Waals surface area contributed by atoms with Crippen LogP contribution in [0.5, 0.6) is 0 Å². The van der Waals surface area contributed by atoms with Crippen LogP contribution >= 0.6 is 11.8 Å². The van der Waals surface area contributed by atoms with Crippen LogP contribution in [0.4, 0.5) is 0 Å². The summed E-state index contributed by atoms with van der Waals surface area (Å²) in [6, 6.07) is 0. The van der Waals surface area contributed by atoms with Gasteiger partial charge in [0, 0.05) is 11.0 Å². The van der Waals surface area contributed by atoms with E-state index < -0.39 is 11.6 Å². The van der Waals surface area contributed by atoms with E-state index in [0.717, 1.165) is 6.42 Å². The van der Waals surface area contributed by atoms with Crippen LogP contribution < -0.4 is 5.73 Å². The molecule has 0 aromatic heterocycles. The van der Waals surface area contributed by atoms with Crippen LogP contribution in [0.15, 0.2) is 0 Å². The van der Waals surface area contributed by atoms with E-state index in [1.165, 1.54) is 18.7 Å². The van der Waals surface area contributed by atoms with Gasteiger partial charge in [0.2, 0.25) is 0 Å². The lowest BCUT2D eigenvalue weighted by Gasteiger charge is -2.19. The number of carbonyl (C=O) groups is 1. The fourth-order valence-electron chi connectivity index (χ4n) is 0.684. The molecule has 0 bridgehead atoms. The van der Waals surface area contributed by atoms with Gasteiger partial charge in [0.25, 0.3) is 0 Å². The van der Waals surface area contributed by atoms with E-state index >= 15 is 0 Å². The molecule has 0 aliphatic rings. The summed E-state index contributed by atoms with van der Waals surface area (Å²) >= 11 is 1.43. The summed E-state index contributed by atoms with van der Waals surface area (Å²) in [6.07, 6.45) is 0.834. The van der Waals surface area contributed by atoms with Crippen molar-refractivity contribution >= 4 is 17.7 Å². The number of rotatable bonds is 6. The molecular formula is C8H17NO3S. The molecule has 2 unspecified atom stereocenters. The zero-order valence-electron chi connectivity index (χ0n) is 7.99. The number of thioether (sulfide) groups is 1. The molecule has 13 heavy (non-hydrogen) atoms. The zero-order valence-corrected chi connectivity index (χ0v) is 8.80. The van der Waals surface area contributed by atoms with E-state index in [1.54, 1.807) is 0 Å². The molecule has 0 saturated carbocycles. The molecule has 5 heteroatoms. The Morgan fingerprint density at radius 1 is 1.69 bits per heavy atom. The van der Waals surface area contributed by atoms with Crippen molar-refractivity contribution in [1.29, 1.82) is 0 Å². The average molecular weight is 207 g/mol. The Labute approximate surface area is 82.5 Å². The van der Waals surface area contributed by atoms with Crippen molar-refractivity contribution in [3.05, 3.63) is 0 Å². The normalized spacial score (nSPS) is 17.8. The first kappa shape index (κ1) is 12.7. The van der Waals surface area contributed by atoms with E-state index in [2.05, 4.69) is 0 Å². The minimum atomic E-state index is -1.63. The molecule has 0 aliphatic heterocycles. The molecule has 0 saturated heterocycles. The highest BCUT2D eigenvalue weighted by Crippen LogP contribution is 2.19. The highest BCUT2D eigenvalue weighted by Gasteiger charge is 2.30. The lowest BCUT2D eigenvalue weighted by atomic mass is 10.1. The van der Waals surface area contributed by atoms with Gasteiger partial charge < -0.3 is 15.9 Å². The molecular weight excluding hydrogens is 190 g/mol. The Morgan fingerprint density at radius 2 is 2.23 bits per heavy atom. The first-order valence-corrected chi connectivity index (χ1v) is 5.22. The Kier molecular flexibility index (Phi) is 5.36. The maximum absolute atomic E-state index is 10.5. The molecule has 0 aromatic carbocycles. The van der Waals surface area contributed by atoms with Crippen LogP contribution in [0.25, 0.3) is 0 Å². The van der Waals surface area contributed by atoms with Gasteiger partial charge in [-0.3, -0.25) is 0 Å². The predicted octanol–water partition coefficient (Wildman–Crippen LogP) is 0.292. The lowest BCUT2D eigenvalue weighted by molar-refractivity contribution is -0.154. The van der Waals surface area contributed by atoms with Gasteiger partial charge in [-0.05, 0) is 19.9 Å².